The number of hydrogen-bond donors (Lipinski definition) is 1. The molecule has 1 N–H and O–H groups in total. The van der Waals surface area contributed by atoms with Crippen LogP contribution in [-0.4, -0.2) is 43.5 Å². The van der Waals surface area contributed by atoms with Crippen molar-refractivity contribution in [3.05, 3.63) is 61.2 Å². The second kappa shape index (κ2) is 10.9. The average Bonchev–Trinajstić information content (AvgIpc) is 2.77. The fourth-order valence-corrected chi connectivity index (χ4v) is 5.35. The Morgan fingerprint density at radius 2 is 1.76 bits per heavy atom. The number of nitrogens with zero attached hydrogens (tertiary/aromatic N) is 2. The molecule has 7 nitrogen and oxygen atoms in total. The quantitative estimate of drug-likeness (QED) is 0.327. The molecule has 0 fully saturated rings. The summed E-state index contributed by atoms with van der Waals surface area (Å²) < 4.78 is 27.7. The summed E-state index contributed by atoms with van der Waals surface area (Å²) in [5.74, 6) is -1.17. The Hall–Kier alpha value is -2.17. The molecule has 37 heavy (non-hydrogen) atoms. The molecule has 12 heteroatoms. The van der Waals surface area contributed by atoms with Crippen LogP contribution in [0.5, 0.6) is 5.88 Å². The van der Waals surface area contributed by atoms with Crippen LogP contribution in [0.25, 0.3) is 16.6 Å². The molecule has 0 aliphatic carbocycles. The topological polar surface area (TPSA) is 82.5 Å². The van der Waals surface area contributed by atoms with Gasteiger partial charge < -0.3 is 19.0 Å². The van der Waals surface area contributed by atoms with Crippen LogP contribution in [0.4, 0.5) is 4.39 Å². The molecular formula is C25H29Cl3FN3O4Si. The second-order valence-corrected chi connectivity index (χ2v) is 16.2. The lowest BCUT2D eigenvalue weighted by Gasteiger charge is -2.37. The van der Waals surface area contributed by atoms with Crippen molar-refractivity contribution in [2.45, 2.75) is 51.9 Å². The molecule has 1 amide bonds. The zero-order valence-electron chi connectivity index (χ0n) is 21.6. The Labute approximate surface area is 231 Å². The number of rotatable bonds is 7. The summed E-state index contributed by atoms with van der Waals surface area (Å²) in [6.07, 6.45) is 0.207. The van der Waals surface area contributed by atoms with Gasteiger partial charge in [0.25, 0.3) is 5.91 Å². The van der Waals surface area contributed by atoms with Crippen LogP contribution >= 0.6 is 34.8 Å². The number of benzene rings is 1. The van der Waals surface area contributed by atoms with Gasteiger partial charge in [0.1, 0.15) is 11.2 Å². The molecule has 0 saturated heterocycles. The highest BCUT2D eigenvalue weighted by molar-refractivity contribution is 6.74. The van der Waals surface area contributed by atoms with Gasteiger partial charge in [0.15, 0.2) is 13.7 Å². The predicted molar refractivity (Wildman–Crippen MR) is 149 cm³/mol. The van der Waals surface area contributed by atoms with Gasteiger partial charge in [-0.1, -0.05) is 55.6 Å². The Kier molecular flexibility index (Phi) is 8.66. The van der Waals surface area contributed by atoms with Crippen molar-refractivity contribution in [2.24, 2.45) is 0 Å². The Bertz CT molecular complexity index is 1400. The lowest BCUT2D eigenvalue weighted by atomic mass is 10.2. The number of carbonyl (C=O) groups is 1. The van der Waals surface area contributed by atoms with E-state index in [2.05, 4.69) is 44.2 Å². The summed E-state index contributed by atoms with van der Waals surface area (Å²) in [7, 11) is -0.743. The molecular weight excluding hydrogens is 560 g/mol. The highest BCUT2D eigenvalue weighted by atomic mass is 35.5. The molecule has 0 aliphatic heterocycles. The summed E-state index contributed by atoms with van der Waals surface area (Å²) in [6, 6.07) is 3.56. The van der Waals surface area contributed by atoms with E-state index in [1.165, 1.54) is 19.3 Å². The summed E-state index contributed by atoms with van der Waals surface area (Å²) in [4.78, 5) is 30.2. The maximum absolute atomic E-state index is 13.9. The van der Waals surface area contributed by atoms with E-state index in [1.807, 2.05) is 0 Å². The molecule has 0 saturated carbocycles. The van der Waals surface area contributed by atoms with Gasteiger partial charge >= 0.3 is 0 Å². The minimum Gasteiger partial charge on any atom is -0.461 e. The Balaban J connectivity index is 2.20. The van der Waals surface area contributed by atoms with Crippen LogP contribution in [0.1, 0.15) is 26.5 Å². The van der Waals surface area contributed by atoms with E-state index >= 15 is 0 Å². The molecule has 3 aromatic rings. The number of halogens is 4. The van der Waals surface area contributed by atoms with Crippen molar-refractivity contribution < 1.29 is 18.3 Å². The lowest BCUT2D eigenvalue weighted by molar-refractivity contribution is -0.129. The van der Waals surface area contributed by atoms with Gasteiger partial charge in [-0.2, -0.15) is 0 Å². The number of ether oxygens (including phenoxy) is 1. The number of nitrogens with one attached hydrogen (secondary N) is 1. The van der Waals surface area contributed by atoms with Gasteiger partial charge in [-0.25, -0.2) is 9.37 Å². The van der Waals surface area contributed by atoms with Crippen molar-refractivity contribution in [3.8, 4) is 11.6 Å². The van der Waals surface area contributed by atoms with Gasteiger partial charge in [-0.3, -0.25) is 9.59 Å². The van der Waals surface area contributed by atoms with E-state index in [1.54, 1.807) is 11.5 Å². The number of aromatic nitrogens is 2. The summed E-state index contributed by atoms with van der Waals surface area (Å²) in [6.45, 7) is 12.0. The molecule has 0 spiro atoms. The fraction of sp³-hybridized carbons (Fsp3) is 0.400. The third-order valence-corrected chi connectivity index (χ3v) is 11.9. The smallest absolute Gasteiger partial charge is 0.263 e. The Morgan fingerprint density at radius 1 is 1.16 bits per heavy atom. The van der Waals surface area contributed by atoms with Gasteiger partial charge in [0, 0.05) is 18.8 Å². The standard InChI is InChI=1S/C25H29Cl3FN3O4Si/c1-13-8-18(33)20-22(32(13)21-15(26)9-14(29)10-16(21)27)17(28)11-31-24(20)36-19(23(34)30-5)12-35-37(6,7)25(2,3)4/h8-11,19H,12H2,1-7H3,(H,30,34). The van der Waals surface area contributed by atoms with Gasteiger partial charge in [-0.15, -0.1) is 0 Å². The molecule has 0 aliphatic rings. The first-order chi connectivity index (χ1) is 17.1. The molecule has 1 unspecified atom stereocenters. The fourth-order valence-electron chi connectivity index (χ4n) is 3.49. The summed E-state index contributed by atoms with van der Waals surface area (Å²) in [5.41, 5.74) is 0.434. The Morgan fingerprint density at radius 3 is 2.30 bits per heavy atom. The van der Waals surface area contributed by atoms with Crippen LogP contribution in [0.2, 0.25) is 33.2 Å². The van der Waals surface area contributed by atoms with Crippen molar-refractivity contribution in [2.75, 3.05) is 13.7 Å². The number of likely N-dealkylation sites (N-methyl/N-ethyl adjacent to an activating group) is 1. The maximum atomic E-state index is 13.9. The van der Waals surface area contributed by atoms with Gasteiger partial charge in [-0.05, 0) is 37.2 Å². The summed E-state index contributed by atoms with van der Waals surface area (Å²) >= 11 is 19.2. The number of amides is 1. The third kappa shape index (κ3) is 5.96. The highest BCUT2D eigenvalue weighted by Gasteiger charge is 2.38. The number of fused-ring (bicyclic) bond motifs is 1. The van der Waals surface area contributed by atoms with Crippen molar-refractivity contribution in [1.82, 2.24) is 14.9 Å². The van der Waals surface area contributed by atoms with Crippen molar-refractivity contribution >= 4 is 59.9 Å². The van der Waals surface area contributed by atoms with Crippen molar-refractivity contribution in [3.63, 3.8) is 0 Å². The molecule has 200 valence electrons. The van der Waals surface area contributed by atoms with Crippen LogP contribution < -0.4 is 15.5 Å². The van der Waals surface area contributed by atoms with Crippen LogP contribution in [0.3, 0.4) is 0 Å². The van der Waals surface area contributed by atoms with E-state index in [9.17, 15) is 14.0 Å². The average molecular weight is 589 g/mol. The number of hydrogen-bond acceptors (Lipinski definition) is 5. The minimum absolute atomic E-state index is 0.00999. The van der Waals surface area contributed by atoms with E-state index in [4.69, 9.17) is 44.0 Å². The van der Waals surface area contributed by atoms with Crippen LogP contribution in [0.15, 0.2) is 29.2 Å². The zero-order chi connectivity index (χ0) is 27.9. The monoisotopic (exact) mass is 587 g/mol. The molecule has 1 atom stereocenters. The van der Waals surface area contributed by atoms with Crippen LogP contribution in [-0.2, 0) is 9.22 Å². The number of carbonyl (C=O) groups excluding carboxylic acids is 1. The van der Waals surface area contributed by atoms with E-state index in [0.29, 0.717) is 5.69 Å². The molecule has 2 heterocycles. The SMILES string of the molecule is CNC(=O)C(CO[Si](C)(C)C(C)(C)C)Oc1ncc(Cl)c2c1c(=O)cc(C)n2-c1c(Cl)cc(F)cc1Cl. The first kappa shape index (κ1) is 29.4. The zero-order valence-corrected chi connectivity index (χ0v) is 24.9. The van der Waals surface area contributed by atoms with Gasteiger partial charge in [0.05, 0.1) is 39.1 Å². The molecule has 0 bridgehead atoms. The van der Waals surface area contributed by atoms with Crippen LogP contribution in [0, 0.1) is 12.7 Å². The highest BCUT2D eigenvalue weighted by Crippen LogP contribution is 2.38. The largest absolute Gasteiger partial charge is 0.461 e. The van der Waals surface area contributed by atoms with Gasteiger partial charge in [0.2, 0.25) is 12.0 Å². The first-order valence-corrected chi connectivity index (χ1v) is 15.5. The number of aryl methyl sites for hydroxylation is 1. The predicted octanol–water partition coefficient (Wildman–Crippen LogP) is 6.31. The lowest BCUT2D eigenvalue weighted by Crippen LogP contribution is -2.47. The molecule has 1 aromatic carbocycles. The normalized spacial score (nSPS) is 13.1. The van der Waals surface area contributed by atoms with E-state index in [0.717, 1.165) is 12.1 Å². The maximum Gasteiger partial charge on any atom is 0.263 e. The van der Waals surface area contributed by atoms with Crippen molar-refractivity contribution in [1.29, 1.82) is 0 Å². The summed E-state index contributed by atoms with van der Waals surface area (Å²) in [5, 5.41) is 2.61. The number of pyridine rings is 2. The third-order valence-electron chi connectivity index (χ3n) is 6.53. The minimum atomic E-state index is -2.22. The molecule has 3 rings (SSSR count). The van der Waals surface area contributed by atoms with E-state index < -0.39 is 31.6 Å². The van der Waals surface area contributed by atoms with E-state index in [-0.39, 0.29) is 49.2 Å². The second-order valence-electron chi connectivity index (χ2n) is 10.1. The molecule has 0 radical (unpaired) electrons. The first-order valence-electron chi connectivity index (χ1n) is 11.5. The molecule has 2 aromatic heterocycles.